The summed E-state index contributed by atoms with van der Waals surface area (Å²) in [6, 6.07) is 21.5. The van der Waals surface area contributed by atoms with E-state index in [9.17, 15) is 19.2 Å². The molecule has 2 heterocycles. The molecule has 0 unspecified atom stereocenters. The highest BCUT2D eigenvalue weighted by atomic mass is 16.5. The number of anilines is 1. The molecule has 42 heavy (non-hydrogen) atoms. The van der Waals surface area contributed by atoms with Crippen molar-refractivity contribution in [3.8, 4) is 11.3 Å². The van der Waals surface area contributed by atoms with Gasteiger partial charge in [-0.25, -0.2) is 9.78 Å². The molecule has 2 aliphatic carbocycles. The van der Waals surface area contributed by atoms with Crippen molar-refractivity contribution in [2.45, 2.75) is 33.1 Å². The molecule has 1 saturated heterocycles. The van der Waals surface area contributed by atoms with Gasteiger partial charge >= 0.3 is 5.97 Å². The van der Waals surface area contributed by atoms with Crippen molar-refractivity contribution in [2.24, 2.45) is 23.7 Å². The summed E-state index contributed by atoms with van der Waals surface area (Å²) in [5.74, 6) is -0.896. The Hall–Kier alpha value is -4.65. The van der Waals surface area contributed by atoms with Gasteiger partial charge in [-0.1, -0.05) is 42.5 Å². The van der Waals surface area contributed by atoms with Crippen molar-refractivity contribution in [3.63, 3.8) is 0 Å². The number of benzene rings is 3. The van der Waals surface area contributed by atoms with Crippen molar-refractivity contribution in [2.75, 3.05) is 11.5 Å². The molecule has 3 aromatic carbocycles. The second-order valence-corrected chi connectivity index (χ2v) is 11.8. The molecule has 3 fully saturated rings. The largest absolute Gasteiger partial charge is 0.454 e. The molecular weight excluding hydrogens is 528 g/mol. The topological polar surface area (TPSA) is 93.6 Å². The number of fused-ring (bicyclic) bond motifs is 6. The van der Waals surface area contributed by atoms with E-state index in [-0.39, 0.29) is 41.6 Å². The van der Waals surface area contributed by atoms with Crippen LogP contribution in [-0.2, 0) is 14.3 Å². The van der Waals surface area contributed by atoms with Crippen LogP contribution in [0.3, 0.4) is 0 Å². The standard InChI is InChI=1S/C35H30N2O5/c1-19-10-11-22(14-20(19)2)30(38)18-42-35(41)27-17-29(36-28-9-4-3-8-26(27)28)21-6-5-7-25(16-21)37-33(39)31-23-12-13-24(15-23)32(31)34(37)40/h3-11,14,16-17,23-24,31-32H,12-13,15,18H2,1-2H3/t23-,24-,31-,32-/m0/s1. The van der Waals surface area contributed by atoms with Gasteiger partial charge < -0.3 is 4.74 Å². The molecule has 0 spiro atoms. The minimum atomic E-state index is -0.628. The first kappa shape index (κ1) is 26.3. The lowest BCUT2D eigenvalue weighted by atomic mass is 9.81. The predicted octanol–water partition coefficient (Wildman–Crippen LogP) is 6.09. The van der Waals surface area contributed by atoms with E-state index in [0.29, 0.717) is 45.2 Å². The van der Waals surface area contributed by atoms with Crippen LogP contribution in [-0.4, -0.2) is 35.2 Å². The maximum Gasteiger partial charge on any atom is 0.339 e. The molecule has 2 amide bonds. The smallest absolute Gasteiger partial charge is 0.339 e. The van der Waals surface area contributed by atoms with Crippen LogP contribution in [0.5, 0.6) is 0 Å². The third kappa shape index (κ3) is 4.23. The van der Waals surface area contributed by atoms with Crippen molar-refractivity contribution in [1.29, 1.82) is 0 Å². The zero-order valence-electron chi connectivity index (χ0n) is 23.5. The van der Waals surface area contributed by atoms with E-state index < -0.39 is 5.97 Å². The molecule has 210 valence electrons. The van der Waals surface area contributed by atoms with Gasteiger partial charge in [-0.2, -0.15) is 0 Å². The number of hydrogen-bond donors (Lipinski definition) is 0. The van der Waals surface area contributed by atoms with Crippen LogP contribution in [0.2, 0.25) is 0 Å². The summed E-state index contributed by atoms with van der Waals surface area (Å²) in [6.07, 6.45) is 3.03. The van der Waals surface area contributed by atoms with Crippen LogP contribution in [0.4, 0.5) is 5.69 Å². The zero-order chi connectivity index (χ0) is 29.1. The molecule has 3 aliphatic rings. The lowest BCUT2D eigenvalue weighted by Gasteiger charge is -2.19. The minimum absolute atomic E-state index is 0.0986. The van der Waals surface area contributed by atoms with Crippen LogP contribution in [0.25, 0.3) is 22.2 Å². The summed E-state index contributed by atoms with van der Waals surface area (Å²) in [5, 5.41) is 0.606. The van der Waals surface area contributed by atoms with Gasteiger partial charge in [0, 0.05) is 16.5 Å². The molecule has 2 saturated carbocycles. The molecule has 7 nitrogen and oxygen atoms in total. The first-order valence-corrected chi connectivity index (χ1v) is 14.5. The number of nitrogens with zero attached hydrogens (tertiary/aromatic N) is 2. The number of esters is 1. The van der Waals surface area contributed by atoms with E-state index in [0.717, 1.165) is 30.4 Å². The molecule has 1 aliphatic heterocycles. The number of aromatic nitrogens is 1. The van der Waals surface area contributed by atoms with Crippen molar-refractivity contribution >= 4 is 40.2 Å². The average molecular weight is 559 g/mol. The second-order valence-electron chi connectivity index (χ2n) is 11.8. The number of rotatable bonds is 6. The second kappa shape index (κ2) is 10.0. The fourth-order valence-corrected chi connectivity index (χ4v) is 7.17. The highest BCUT2D eigenvalue weighted by molar-refractivity contribution is 6.22. The fourth-order valence-electron chi connectivity index (χ4n) is 7.17. The molecule has 4 aromatic rings. The number of carbonyl (C=O) groups is 4. The highest BCUT2D eigenvalue weighted by Crippen LogP contribution is 2.56. The lowest BCUT2D eigenvalue weighted by Crippen LogP contribution is -2.32. The van der Waals surface area contributed by atoms with Gasteiger partial charge in [0.1, 0.15) is 0 Å². The number of imide groups is 1. The lowest BCUT2D eigenvalue weighted by molar-refractivity contribution is -0.123. The number of para-hydroxylation sites is 1. The van der Waals surface area contributed by atoms with E-state index in [1.807, 2.05) is 44.2 Å². The quantitative estimate of drug-likeness (QED) is 0.161. The van der Waals surface area contributed by atoms with Crippen LogP contribution < -0.4 is 4.90 Å². The van der Waals surface area contributed by atoms with Crippen LogP contribution in [0.15, 0.2) is 72.8 Å². The van der Waals surface area contributed by atoms with Crippen LogP contribution in [0.1, 0.15) is 51.1 Å². The molecule has 7 heteroatoms. The number of aryl methyl sites for hydroxylation is 2. The van der Waals surface area contributed by atoms with Gasteiger partial charge in [-0.3, -0.25) is 19.3 Å². The number of ketones is 1. The van der Waals surface area contributed by atoms with Gasteiger partial charge in [-0.15, -0.1) is 0 Å². The van der Waals surface area contributed by atoms with Crippen molar-refractivity contribution in [1.82, 2.24) is 4.98 Å². The minimum Gasteiger partial charge on any atom is -0.454 e. The Morgan fingerprint density at radius 2 is 1.60 bits per heavy atom. The Labute approximate surface area is 243 Å². The van der Waals surface area contributed by atoms with Crippen molar-refractivity contribution in [3.05, 3.63) is 95.1 Å². The Morgan fingerprint density at radius 1 is 0.857 bits per heavy atom. The number of carbonyl (C=O) groups excluding carboxylic acids is 4. The third-order valence-electron chi connectivity index (χ3n) is 9.43. The zero-order valence-corrected chi connectivity index (χ0v) is 23.5. The average Bonchev–Trinajstić information content (AvgIpc) is 3.70. The van der Waals surface area contributed by atoms with Gasteiger partial charge in [0.2, 0.25) is 11.8 Å². The van der Waals surface area contributed by atoms with Gasteiger partial charge in [-0.05, 0) is 86.4 Å². The Morgan fingerprint density at radius 3 is 2.33 bits per heavy atom. The summed E-state index contributed by atoms with van der Waals surface area (Å²) >= 11 is 0. The molecule has 7 rings (SSSR count). The normalized spacial score (nSPS) is 22.6. The molecule has 4 atom stereocenters. The van der Waals surface area contributed by atoms with Gasteiger partial charge in [0.05, 0.1) is 34.3 Å². The van der Waals surface area contributed by atoms with Crippen molar-refractivity contribution < 1.29 is 23.9 Å². The Balaban J connectivity index is 1.18. The number of amides is 2. The molecule has 1 aromatic heterocycles. The maximum atomic E-state index is 13.4. The SMILES string of the molecule is Cc1ccc(C(=O)COC(=O)c2cc(-c3cccc(N4C(=O)[C@H]5[C@H]6CC[C@@H](C6)[C@@H]5C4=O)c3)nc3ccccc23)cc1C. The van der Waals surface area contributed by atoms with Crippen LogP contribution in [0, 0.1) is 37.5 Å². The summed E-state index contributed by atoms with van der Waals surface area (Å²) in [5.41, 5.74) is 5.13. The van der Waals surface area contributed by atoms with E-state index in [4.69, 9.17) is 9.72 Å². The third-order valence-corrected chi connectivity index (χ3v) is 9.43. The maximum absolute atomic E-state index is 13.4. The van der Waals surface area contributed by atoms with Gasteiger partial charge in [0.15, 0.2) is 12.4 Å². The summed E-state index contributed by atoms with van der Waals surface area (Å²) in [4.78, 5) is 59.1. The first-order chi connectivity index (χ1) is 20.3. The molecule has 2 bridgehead atoms. The first-order valence-electron chi connectivity index (χ1n) is 14.5. The molecule has 0 N–H and O–H groups in total. The monoisotopic (exact) mass is 558 g/mol. The molecule has 0 radical (unpaired) electrons. The van der Waals surface area contributed by atoms with Crippen LogP contribution >= 0.6 is 0 Å². The predicted molar refractivity (Wildman–Crippen MR) is 158 cm³/mol. The Kier molecular flexibility index (Phi) is 6.26. The van der Waals surface area contributed by atoms with Gasteiger partial charge in [0.25, 0.3) is 0 Å². The number of Topliss-reactive ketones (excluding diaryl/α,β-unsaturated/α-hetero) is 1. The summed E-state index contributed by atoms with van der Waals surface area (Å²) in [6.45, 7) is 3.52. The Bertz CT molecular complexity index is 1780. The van der Waals surface area contributed by atoms with E-state index in [2.05, 4.69) is 0 Å². The van der Waals surface area contributed by atoms with E-state index in [1.165, 1.54) is 4.90 Å². The highest BCUT2D eigenvalue weighted by Gasteiger charge is 2.61. The molecular formula is C35H30N2O5. The number of pyridine rings is 1. The van der Waals surface area contributed by atoms with E-state index >= 15 is 0 Å². The summed E-state index contributed by atoms with van der Waals surface area (Å²) < 4.78 is 5.50. The fraction of sp³-hybridized carbons (Fsp3) is 0.286. The summed E-state index contributed by atoms with van der Waals surface area (Å²) in [7, 11) is 0. The number of hydrogen-bond acceptors (Lipinski definition) is 6. The number of ether oxygens (including phenoxy) is 1. The van der Waals surface area contributed by atoms with E-state index in [1.54, 1.807) is 42.5 Å².